The van der Waals surface area contributed by atoms with E-state index in [0.29, 0.717) is 12.8 Å². The molecule has 0 saturated carbocycles. The quantitative estimate of drug-likeness (QED) is 0.818. The van der Waals surface area contributed by atoms with Crippen molar-refractivity contribution in [1.29, 1.82) is 0 Å². The van der Waals surface area contributed by atoms with Gasteiger partial charge in [-0.2, -0.15) is 8.42 Å². The molecule has 3 nitrogen and oxygen atoms in total. The van der Waals surface area contributed by atoms with Crippen LogP contribution in [0.1, 0.15) is 29.0 Å². The highest BCUT2D eigenvalue weighted by Gasteiger charge is 2.30. The molecule has 0 aliphatic heterocycles. The zero-order chi connectivity index (χ0) is 14.9. The zero-order valence-corrected chi connectivity index (χ0v) is 12.7. The van der Waals surface area contributed by atoms with Crippen molar-refractivity contribution in [2.24, 2.45) is 0 Å². The van der Waals surface area contributed by atoms with Gasteiger partial charge in [-0.15, -0.1) is 0 Å². The van der Waals surface area contributed by atoms with Crippen LogP contribution in [-0.4, -0.2) is 20.8 Å². The lowest BCUT2D eigenvalue weighted by molar-refractivity contribution is 0.187. The van der Waals surface area contributed by atoms with Gasteiger partial charge in [0.05, 0.1) is 12.4 Å². The lowest BCUT2D eigenvalue weighted by atomic mass is 9.78. The third-order valence-electron chi connectivity index (χ3n) is 3.89. The second-order valence-corrected chi connectivity index (χ2v) is 7.12. The van der Waals surface area contributed by atoms with Crippen molar-refractivity contribution >= 4 is 10.1 Å². The van der Waals surface area contributed by atoms with Crippen molar-refractivity contribution in [3.8, 4) is 0 Å². The Bertz CT molecular complexity index is 723. The molecule has 0 heterocycles. The molecule has 0 N–H and O–H groups in total. The van der Waals surface area contributed by atoms with Crippen LogP contribution in [0.5, 0.6) is 0 Å². The SMILES string of the molecule is CS(=O)(=O)O[C@@H]1Cc2ccccc2[C@H](c2ccccc2)C1. The molecule has 1 aliphatic rings. The van der Waals surface area contributed by atoms with Crippen molar-refractivity contribution in [1.82, 2.24) is 0 Å². The third kappa shape index (κ3) is 3.34. The molecule has 0 fully saturated rings. The van der Waals surface area contributed by atoms with Gasteiger partial charge in [0.2, 0.25) is 0 Å². The molecule has 1 aliphatic carbocycles. The van der Waals surface area contributed by atoms with Crippen LogP contribution in [0.15, 0.2) is 54.6 Å². The van der Waals surface area contributed by atoms with Gasteiger partial charge >= 0.3 is 0 Å². The van der Waals surface area contributed by atoms with Crippen molar-refractivity contribution in [2.45, 2.75) is 24.9 Å². The van der Waals surface area contributed by atoms with Crippen LogP contribution in [0.3, 0.4) is 0 Å². The summed E-state index contributed by atoms with van der Waals surface area (Å²) in [5.74, 6) is 0.183. The topological polar surface area (TPSA) is 43.4 Å². The van der Waals surface area contributed by atoms with Crippen LogP contribution in [0.25, 0.3) is 0 Å². The summed E-state index contributed by atoms with van der Waals surface area (Å²) >= 11 is 0. The summed E-state index contributed by atoms with van der Waals surface area (Å²) in [4.78, 5) is 0. The number of benzene rings is 2. The summed E-state index contributed by atoms with van der Waals surface area (Å²) < 4.78 is 28.1. The summed E-state index contributed by atoms with van der Waals surface area (Å²) in [6.07, 6.45) is 2.16. The van der Waals surface area contributed by atoms with Crippen LogP contribution in [0.2, 0.25) is 0 Å². The highest BCUT2D eigenvalue weighted by atomic mass is 32.2. The first-order valence-electron chi connectivity index (χ1n) is 7.04. The minimum absolute atomic E-state index is 0.183. The van der Waals surface area contributed by atoms with Gasteiger partial charge in [0.1, 0.15) is 0 Å². The summed E-state index contributed by atoms with van der Waals surface area (Å²) in [5.41, 5.74) is 3.65. The van der Waals surface area contributed by atoms with Gasteiger partial charge < -0.3 is 0 Å². The Morgan fingerprint density at radius 3 is 2.38 bits per heavy atom. The fourth-order valence-electron chi connectivity index (χ4n) is 3.10. The second-order valence-electron chi connectivity index (χ2n) is 5.52. The van der Waals surface area contributed by atoms with Gasteiger partial charge in [-0.25, -0.2) is 0 Å². The first kappa shape index (κ1) is 14.3. The molecule has 0 aromatic heterocycles. The third-order valence-corrected chi connectivity index (χ3v) is 4.51. The van der Waals surface area contributed by atoms with Crippen LogP contribution in [0.4, 0.5) is 0 Å². The Morgan fingerprint density at radius 2 is 1.67 bits per heavy atom. The Kier molecular flexibility index (Phi) is 3.83. The Balaban J connectivity index is 1.98. The number of hydrogen-bond acceptors (Lipinski definition) is 3. The van der Waals surface area contributed by atoms with E-state index in [4.69, 9.17) is 4.18 Å². The lowest BCUT2D eigenvalue weighted by Crippen LogP contribution is -2.28. The largest absolute Gasteiger partial charge is 0.267 e. The number of rotatable bonds is 3. The summed E-state index contributed by atoms with van der Waals surface area (Å²) in [5, 5.41) is 0. The molecule has 2 aromatic rings. The zero-order valence-electron chi connectivity index (χ0n) is 11.9. The summed E-state index contributed by atoms with van der Waals surface area (Å²) in [7, 11) is -3.43. The van der Waals surface area contributed by atoms with Crippen LogP contribution < -0.4 is 0 Å². The van der Waals surface area contributed by atoms with Gasteiger partial charge in [-0.3, -0.25) is 4.18 Å². The molecule has 0 spiro atoms. The van der Waals surface area contributed by atoms with E-state index in [-0.39, 0.29) is 12.0 Å². The molecular weight excluding hydrogens is 284 g/mol. The van der Waals surface area contributed by atoms with Gasteiger partial charge in [-0.1, -0.05) is 54.6 Å². The molecule has 3 rings (SSSR count). The maximum absolute atomic E-state index is 11.4. The molecule has 21 heavy (non-hydrogen) atoms. The fraction of sp³-hybridized carbons (Fsp3) is 0.294. The summed E-state index contributed by atoms with van der Waals surface area (Å²) in [6.45, 7) is 0. The van der Waals surface area contributed by atoms with E-state index < -0.39 is 10.1 Å². The van der Waals surface area contributed by atoms with E-state index in [9.17, 15) is 8.42 Å². The molecule has 4 heteroatoms. The van der Waals surface area contributed by atoms with Crippen molar-refractivity contribution in [3.05, 3.63) is 71.3 Å². The normalized spacial score (nSPS) is 21.8. The smallest absolute Gasteiger partial charge is 0.264 e. The average molecular weight is 302 g/mol. The lowest BCUT2D eigenvalue weighted by Gasteiger charge is -2.31. The molecule has 110 valence electrons. The maximum atomic E-state index is 11.4. The van der Waals surface area contributed by atoms with Crippen molar-refractivity contribution in [2.75, 3.05) is 6.26 Å². The Hall–Kier alpha value is -1.65. The Morgan fingerprint density at radius 1 is 1.00 bits per heavy atom. The van der Waals surface area contributed by atoms with Gasteiger partial charge in [0.15, 0.2) is 0 Å². The first-order chi connectivity index (χ1) is 10.0. The highest BCUT2D eigenvalue weighted by Crippen LogP contribution is 2.37. The predicted octanol–water partition coefficient (Wildman–Crippen LogP) is 3.11. The van der Waals surface area contributed by atoms with E-state index in [0.717, 1.165) is 6.26 Å². The molecule has 0 bridgehead atoms. The Labute approximate surface area is 125 Å². The van der Waals surface area contributed by atoms with Crippen LogP contribution >= 0.6 is 0 Å². The van der Waals surface area contributed by atoms with E-state index in [1.165, 1.54) is 16.7 Å². The molecule has 0 saturated heterocycles. The monoisotopic (exact) mass is 302 g/mol. The molecule has 0 amide bonds. The standard InChI is InChI=1S/C17H18O3S/c1-21(18,19)20-15-11-14-9-5-6-10-16(14)17(12-15)13-7-3-2-4-8-13/h2-10,15,17H,11-12H2,1H3/t15-,17+/m1/s1. The van der Waals surface area contributed by atoms with E-state index in [1.54, 1.807) is 0 Å². The van der Waals surface area contributed by atoms with Gasteiger partial charge in [0, 0.05) is 12.3 Å². The van der Waals surface area contributed by atoms with E-state index >= 15 is 0 Å². The number of hydrogen-bond donors (Lipinski definition) is 0. The van der Waals surface area contributed by atoms with Gasteiger partial charge in [-0.05, 0) is 23.1 Å². The molecule has 0 unspecified atom stereocenters. The average Bonchev–Trinajstić information content (AvgIpc) is 2.45. The minimum atomic E-state index is -3.43. The first-order valence-corrected chi connectivity index (χ1v) is 8.85. The molecule has 2 aromatic carbocycles. The fourth-order valence-corrected chi connectivity index (χ4v) is 3.74. The van der Waals surface area contributed by atoms with E-state index in [1.807, 2.05) is 30.3 Å². The maximum Gasteiger partial charge on any atom is 0.264 e. The van der Waals surface area contributed by atoms with E-state index in [2.05, 4.69) is 24.3 Å². The van der Waals surface area contributed by atoms with Crippen molar-refractivity contribution in [3.63, 3.8) is 0 Å². The van der Waals surface area contributed by atoms with Crippen LogP contribution in [0, 0.1) is 0 Å². The van der Waals surface area contributed by atoms with Crippen LogP contribution in [-0.2, 0) is 20.7 Å². The predicted molar refractivity (Wildman–Crippen MR) is 82.8 cm³/mol. The minimum Gasteiger partial charge on any atom is -0.267 e. The second kappa shape index (κ2) is 5.62. The van der Waals surface area contributed by atoms with Crippen molar-refractivity contribution < 1.29 is 12.6 Å². The highest BCUT2D eigenvalue weighted by molar-refractivity contribution is 7.86. The molecule has 0 radical (unpaired) electrons. The van der Waals surface area contributed by atoms with Gasteiger partial charge in [0.25, 0.3) is 10.1 Å². The summed E-state index contributed by atoms with van der Waals surface area (Å²) in [6, 6.07) is 18.4. The molecular formula is C17H18O3S. The number of fused-ring (bicyclic) bond motifs is 1. The molecule has 2 atom stereocenters.